The Morgan fingerprint density at radius 1 is 1.00 bits per heavy atom. The number of rotatable bonds is 3. The van der Waals surface area contributed by atoms with Gasteiger partial charge in [0.2, 0.25) is 0 Å². The van der Waals surface area contributed by atoms with E-state index in [-0.39, 0.29) is 6.29 Å². The summed E-state index contributed by atoms with van der Waals surface area (Å²) in [6, 6.07) is 1.99. The lowest BCUT2D eigenvalue weighted by atomic mass is 10.1. The fraction of sp³-hybridized carbons (Fsp3) is 1.00. The van der Waals surface area contributed by atoms with Crippen LogP contribution in [0.1, 0.15) is 40.5 Å². The van der Waals surface area contributed by atoms with Crippen molar-refractivity contribution in [2.75, 3.05) is 0 Å². The van der Waals surface area contributed by atoms with Gasteiger partial charge in [-0.1, -0.05) is 0 Å². The Morgan fingerprint density at radius 3 is 1.65 bits per heavy atom. The van der Waals surface area contributed by atoms with Gasteiger partial charge in [0.25, 0.3) is 0 Å². The summed E-state index contributed by atoms with van der Waals surface area (Å²) >= 11 is 0. The van der Waals surface area contributed by atoms with Crippen molar-refractivity contribution < 1.29 is 0 Å². The monoisotopic (exact) mass is 242 g/mol. The third-order valence-corrected chi connectivity index (χ3v) is 3.75. The maximum Gasteiger partial charge on any atom is 0.155 e. The van der Waals surface area contributed by atoms with E-state index in [1.807, 2.05) is 0 Å². The fourth-order valence-corrected chi connectivity index (χ4v) is 3.04. The standard InChI is InChI=1S/C11H26N6/c1-7-5-9(3)16(14-7)11(13-12)17-10(4)6-8(2)15-17/h7-11,13-15H,5-6,12H2,1-4H3. The van der Waals surface area contributed by atoms with Gasteiger partial charge in [-0.15, -0.1) is 0 Å². The Morgan fingerprint density at radius 2 is 1.41 bits per heavy atom. The van der Waals surface area contributed by atoms with Crippen molar-refractivity contribution in [3.63, 3.8) is 0 Å². The quantitative estimate of drug-likeness (QED) is 0.403. The van der Waals surface area contributed by atoms with E-state index in [1.165, 1.54) is 0 Å². The van der Waals surface area contributed by atoms with Crippen LogP contribution < -0.4 is 22.1 Å². The molecule has 2 aliphatic heterocycles. The van der Waals surface area contributed by atoms with Crippen molar-refractivity contribution in [1.29, 1.82) is 0 Å². The summed E-state index contributed by atoms with van der Waals surface area (Å²) in [5.41, 5.74) is 9.87. The molecule has 0 spiro atoms. The molecule has 17 heavy (non-hydrogen) atoms. The van der Waals surface area contributed by atoms with Crippen molar-refractivity contribution in [3.8, 4) is 0 Å². The van der Waals surface area contributed by atoms with E-state index < -0.39 is 0 Å². The first-order valence-corrected chi connectivity index (χ1v) is 6.58. The van der Waals surface area contributed by atoms with Crippen LogP contribution in [0.3, 0.4) is 0 Å². The Bertz CT molecular complexity index is 236. The number of nitrogens with one attached hydrogen (secondary N) is 3. The molecule has 0 amide bonds. The third kappa shape index (κ3) is 2.62. The lowest BCUT2D eigenvalue weighted by molar-refractivity contribution is -0.0511. The molecule has 0 radical (unpaired) electrons. The number of hydrogen-bond acceptors (Lipinski definition) is 6. The minimum absolute atomic E-state index is 0.00472. The van der Waals surface area contributed by atoms with Crippen LogP contribution in [0.5, 0.6) is 0 Å². The highest BCUT2D eigenvalue weighted by molar-refractivity contribution is 4.86. The van der Waals surface area contributed by atoms with E-state index in [1.54, 1.807) is 0 Å². The molecule has 2 heterocycles. The van der Waals surface area contributed by atoms with E-state index in [0.29, 0.717) is 24.2 Å². The van der Waals surface area contributed by atoms with Crippen molar-refractivity contribution in [1.82, 2.24) is 26.3 Å². The summed E-state index contributed by atoms with van der Waals surface area (Å²) in [6.45, 7) is 8.86. The molecule has 4 unspecified atom stereocenters. The normalized spacial score (nSPS) is 42.2. The lowest BCUT2D eigenvalue weighted by Gasteiger charge is -2.38. The molecule has 2 saturated heterocycles. The highest BCUT2D eigenvalue weighted by Crippen LogP contribution is 2.22. The molecule has 0 aromatic carbocycles. The molecule has 4 atom stereocenters. The van der Waals surface area contributed by atoms with Gasteiger partial charge in [-0.05, 0) is 40.5 Å². The van der Waals surface area contributed by atoms with Crippen LogP contribution in [0.25, 0.3) is 0 Å². The first kappa shape index (κ1) is 13.2. The molecule has 0 saturated carbocycles. The molecule has 2 aliphatic rings. The van der Waals surface area contributed by atoms with Gasteiger partial charge in [0.15, 0.2) is 6.29 Å². The molecule has 100 valence electrons. The van der Waals surface area contributed by atoms with Crippen molar-refractivity contribution in [2.24, 2.45) is 5.84 Å². The van der Waals surface area contributed by atoms with Crippen LogP contribution in [0.4, 0.5) is 0 Å². The molecule has 0 aromatic rings. The van der Waals surface area contributed by atoms with Crippen LogP contribution in [-0.2, 0) is 0 Å². The Balaban J connectivity index is 2.06. The largest absolute Gasteiger partial charge is 0.269 e. The third-order valence-electron chi connectivity index (χ3n) is 3.75. The fourth-order valence-electron chi connectivity index (χ4n) is 3.04. The summed E-state index contributed by atoms with van der Waals surface area (Å²) in [6.07, 6.45) is 2.29. The van der Waals surface area contributed by atoms with Crippen molar-refractivity contribution in [3.05, 3.63) is 0 Å². The van der Waals surface area contributed by atoms with Crippen LogP contribution in [0.15, 0.2) is 0 Å². The summed E-state index contributed by atoms with van der Waals surface area (Å²) in [4.78, 5) is 0. The number of nitrogens with two attached hydrogens (primary N) is 1. The summed E-state index contributed by atoms with van der Waals surface area (Å²) in [7, 11) is 0. The zero-order valence-electron chi connectivity index (χ0n) is 11.3. The van der Waals surface area contributed by atoms with Crippen LogP contribution >= 0.6 is 0 Å². The van der Waals surface area contributed by atoms with Crippen LogP contribution in [0.2, 0.25) is 0 Å². The number of hydrogen-bond donors (Lipinski definition) is 4. The maximum absolute atomic E-state index is 5.73. The van der Waals surface area contributed by atoms with Crippen LogP contribution in [-0.4, -0.2) is 40.5 Å². The molecular formula is C11H26N6. The molecule has 0 bridgehead atoms. The van der Waals surface area contributed by atoms with Gasteiger partial charge in [-0.3, -0.25) is 5.84 Å². The van der Waals surface area contributed by atoms with Crippen molar-refractivity contribution >= 4 is 0 Å². The average molecular weight is 242 g/mol. The molecule has 6 nitrogen and oxygen atoms in total. The molecule has 2 rings (SSSR count). The van der Waals surface area contributed by atoms with E-state index in [9.17, 15) is 0 Å². The number of hydrazine groups is 3. The molecule has 0 aromatic heterocycles. The van der Waals surface area contributed by atoms with E-state index in [4.69, 9.17) is 5.84 Å². The predicted molar refractivity (Wildman–Crippen MR) is 68.1 cm³/mol. The minimum Gasteiger partial charge on any atom is -0.269 e. The SMILES string of the molecule is CC1CC(C)N(C(NN)N2NC(C)CC2C)N1. The van der Waals surface area contributed by atoms with E-state index >= 15 is 0 Å². The van der Waals surface area contributed by atoms with Gasteiger partial charge in [0.05, 0.1) is 0 Å². The van der Waals surface area contributed by atoms with Gasteiger partial charge in [0.1, 0.15) is 0 Å². The summed E-state index contributed by atoms with van der Waals surface area (Å²) in [5, 5.41) is 4.43. The van der Waals surface area contributed by atoms with Gasteiger partial charge >= 0.3 is 0 Å². The van der Waals surface area contributed by atoms with E-state index in [0.717, 1.165) is 12.8 Å². The maximum atomic E-state index is 5.73. The van der Waals surface area contributed by atoms with Gasteiger partial charge in [0, 0.05) is 24.2 Å². The highest BCUT2D eigenvalue weighted by atomic mass is 15.8. The lowest BCUT2D eigenvalue weighted by Crippen LogP contribution is -2.66. The second-order valence-corrected chi connectivity index (χ2v) is 5.58. The summed E-state index contributed by atoms with van der Waals surface area (Å²) in [5.74, 6) is 5.73. The first-order chi connectivity index (χ1) is 8.02. The van der Waals surface area contributed by atoms with Gasteiger partial charge in [-0.25, -0.2) is 26.3 Å². The van der Waals surface area contributed by atoms with Crippen LogP contribution in [0, 0.1) is 0 Å². The Kier molecular flexibility index (Phi) is 4.02. The zero-order valence-corrected chi connectivity index (χ0v) is 11.3. The van der Waals surface area contributed by atoms with Gasteiger partial charge < -0.3 is 0 Å². The molecule has 2 fully saturated rings. The molecule has 6 heteroatoms. The Hall–Kier alpha value is -0.240. The smallest absolute Gasteiger partial charge is 0.155 e. The minimum atomic E-state index is -0.00472. The average Bonchev–Trinajstić information content (AvgIpc) is 2.73. The highest BCUT2D eigenvalue weighted by Gasteiger charge is 2.39. The second-order valence-electron chi connectivity index (χ2n) is 5.58. The Labute approximate surface area is 104 Å². The molecule has 0 aliphatic carbocycles. The topological polar surface area (TPSA) is 68.6 Å². The predicted octanol–water partition coefficient (Wildman–Crippen LogP) is -0.292. The second kappa shape index (κ2) is 5.17. The zero-order chi connectivity index (χ0) is 12.6. The number of nitrogens with zero attached hydrogens (tertiary/aromatic N) is 2. The van der Waals surface area contributed by atoms with Crippen molar-refractivity contribution in [2.45, 2.75) is 71.0 Å². The summed E-state index contributed by atoms with van der Waals surface area (Å²) < 4.78 is 0. The van der Waals surface area contributed by atoms with E-state index in [2.05, 4.69) is 54.0 Å². The molecular weight excluding hydrogens is 216 g/mol. The molecule has 5 N–H and O–H groups in total. The first-order valence-electron chi connectivity index (χ1n) is 6.58. The van der Waals surface area contributed by atoms with Gasteiger partial charge in [-0.2, -0.15) is 0 Å².